The van der Waals surface area contributed by atoms with Crippen molar-refractivity contribution in [1.82, 2.24) is 15.2 Å². The maximum Gasteiger partial charge on any atom is 0.276 e. The molecule has 0 spiro atoms. The van der Waals surface area contributed by atoms with Crippen LogP contribution in [-0.4, -0.2) is 49.5 Å². The number of hydrogen-bond donors (Lipinski definition) is 2. The van der Waals surface area contributed by atoms with E-state index in [2.05, 4.69) is 10.9 Å². The van der Waals surface area contributed by atoms with Gasteiger partial charge in [-0.1, -0.05) is 25.5 Å². The van der Waals surface area contributed by atoms with Gasteiger partial charge in [0.1, 0.15) is 11.8 Å². The number of nitrogens with one attached hydrogen (secondary N) is 2. The fourth-order valence-corrected chi connectivity index (χ4v) is 4.73. The fraction of sp³-hybridized carbons (Fsp3) is 0.556. The van der Waals surface area contributed by atoms with Crippen LogP contribution in [0.2, 0.25) is 0 Å². The molecule has 1 unspecified atom stereocenters. The Balaban J connectivity index is 1.86. The first-order valence-corrected chi connectivity index (χ1v) is 10.7. The number of rotatable bonds is 7. The van der Waals surface area contributed by atoms with E-state index in [9.17, 15) is 18.0 Å². The molecular weight excluding hydrogens is 370 g/mol. The second-order valence-electron chi connectivity index (χ2n) is 6.58. The van der Waals surface area contributed by atoms with Gasteiger partial charge in [-0.2, -0.15) is 4.31 Å². The van der Waals surface area contributed by atoms with Crippen LogP contribution in [0.4, 0.5) is 0 Å². The van der Waals surface area contributed by atoms with Gasteiger partial charge in [-0.3, -0.25) is 20.4 Å². The average Bonchev–Trinajstić information content (AvgIpc) is 2.64. The Kier molecular flexibility index (Phi) is 7.61. The molecule has 0 aliphatic carbocycles. The molecule has 1 aliphatic rings. The summed E-state index contributed by atoms with van der Waals surface area (Å²) in [6, 6.07) is 6.46. The maximum atomic E-state index is 12.4. The summed E-state index contributed by atoms with van der Waals surface area (Å²) in [6.45, 7) is 3.76. The van der Waals surface area contributed by atoms with Crippen LogP contribution in [0.15, 0.2) is 24.3 Å². The van der Waals surface area contributed by atoms with Crippen LogP contribution in [0.5, 0.6) is 5.75 Å². The average molecular weight is 397 g/mol. The number of carbonyl (C=O) groups excluding carboxylic acids is 2. The van der Waals surface area contributed by atoms with Crippen LogP contribution in [0.3, 0.4) is 0 Å². The van der Waals surface area contributed by atoms with Gasteiger partial charge in [0.2, 0.25) is 10.0 Å². The SMILES string of the molecule is CCCS(=O)(=O)N1CCCCC1C(=O)NNC(=O)COc1cccc(C)c1. The Morgan fingerprint density at radius 1 is 1.26 bits per heavy atom. The van der Waals surface area contributed by atoms with Gasteiger partial charge in [0.25, 0.3) is 11.8 Å². The van der Waals surface area contributed by atoms with Crippen molar-refractivity contribution in [3.63, 3.8) is 0 Å². The Bertz CT molecular complexity index is 766. The molecule has 1 fully saturated rings. The molecule has 27 heavy (non-hydrogen) atoms. The van der Waals surface area contributed by atoms with Crippen molar-refractivity contribution in [3.8, 4) is 5.75 Å². The molecule has 1 atom stereocenters. The van der Waals surface area contributed by atoms with E-state index in [0.717, 1.165) is 18.4 Å². The normalized spacial score (nSPS) is 17.9. The second kappa shape index (κ2) is 9.70. The van der Waals surface area contributed by atoms with Crippen molar-refractivity contribution in [2.75, 3.05) is 18.9 Å². The van der Waals surface area contributed by atoms with Gasteiger partial charge in [-0.25, -0.2) is 8.42 Å². The third-order valence-corrected chi connectivity index (χ3v) is 6.34. The minimum atomic E-state index is -3.48. The third-order valence-electron chi connectivity index (χ3n) is 4.26. The first-order chi connectivity index (χ1) is 12.8. The third kappa shape index (κ3) is 6.21. The van der Waals surface area contributed by atoms with Crippen molar-refractivity contribution in [3.05, 3.63) is 29.8 Å². The summed E-state index contributed by atoms with van der Waals surface area (Å²) >= 11 is 0. The number of hydrogen-bond acceptors (Lipinski definition) is 5. The molecular formula is C18H27N3O5S. The summed E-state index contributed by atoms with van der Waals surface area (Å²) < 4.78 is 31.3. The van der Waals surface area contributed by atoms with Gasteiger partial charge in [0, 0.05) is 6.54 Å². The lowest BCUT2D eigenvalue weighted by Gasteiger charge is -2.33. The Hall–Kier alpha value is -2.13. The lowest BCUT2D eigenvalue weighted by atomic mass is 10.0. The first-order valence-electron chi connectivity index (χ1n) is 9.11. The van der Waals surface area contributed by atoms with E-state index in [1.54, 1.807) is 19.1 Å². The van der Waals surface area contributed by atoms with Crippen LogP contribution in [0.25, 0.3) is 0 Å². The molecule has 1 aromatic carbocycles. The molecule has 0 aromatic heterocycles. The number of ether oxygens (including phenoxy) is 1. The number of amides is 2. The van der Waals surface area contributed by atoms with E-state index in [4.69, 9.17) is 4.74 Å². The molecule has 8 nitrogen and oxygen atoms in total. The topological polar surface area (TPSA) is 105 Å². The predicted molar refractivity (Wildman–Crippen MR) is 101 cm³/mol. The smallest absolute Gasteiger partial charge is 0.276 e. The monoisotopic (exact) mass is 397 g/mol. The molecule has 0 saturated carbocycles. The fourth-order valence-electron chi connectivity index (χ4n) is 2.98. The highest BCUT2D eigenvalue weighted by Crippen LogP contribution is 2.21. The zero-order chi connectivity index (χ0) is 19.9. The van der Waals surface area contributed by atoms with E-state index in [0.29, 0.717) is 25.1 Å². The number of carbonyl (C=O) groups is 2. The molecule has 2 amide bonds. The lowest BCUT2D eigenvalue weighted by Crippen LogP contribution is -2.56. The minimum absolute atomic E-state index is 0.00741. The molecule has 0 radical (unpaired) electrons. The molecule has 2 N–H and O–H groups in total. The van der Waals surface area contributed by atoms with E-state index >= 15 is 0 Å². The van der Waals surface area contributed by atoms with Crippen LogP contribution < -0.4 is 15.6 Å². The van der Waals surface area contributed by atoms with Crippen LogP contribution in [-0.2, 0) is 19.6 Å². The van der Waals surface area contributed by atoms with Crippen molar-refractivity contribution >= 4 is 21.8 Å². The summed E-state index contributed by atoms with van der Waals surface area (Å²) in [5, 5.41) is 0. The van der Waals surface area contributed by atoms with Gasteiger partial charge in [0.15, 0.2) is 6.61 Å². The number of aryl methyl sites for hydroxylation is 1. The van der Waals surface area contributed by atoms with Crippen molar-refractivity contribution in [2.24, 2.45) is 0 Å². The molecule has 9 heteroatoms. The summed E-state index contributed by atoms with van der Waals surface area (Å²) in [7, 11) is -3.48. The van der Waals surface area contributed by atoms with E-state index in [1.165, 1.54) is 4.31 Å². The molecule has 1 saturated heterocycles. The zero-order valence-electron chi connectivity index (χ0n) is 15.7. The Labute approximate surface area is 160 Å². The first kappa shape index (κ1) is 21.2. The highest BCUT2D eigenvalue weighted by molar-refractivity contribution is 7.89. The zero-order valence-corrected chi connectivity index (χ0v) is 16.5. The quantitative estimate of drug-likeness (QED) is 0.671. The van der Waals surface area contributed by atoms with Gasteiger partial charge in [-0.05, 0) is 43.9 Å². The molecule has 2 rings (SSSR count). The van der Waals surface area contributed by atoms with Crippen molar-refractivity contribution in [2.45, 2.75) is 45.6 Å². The minimum Gasteiger partial charge on any atom is -0.484 e. The summed E-state index contributed by atoms with van der Waals surface area (Å²) in [5.41, 5.74) is 5.61. The molecule has 1 aromatic rings. The largest absolute Gasteiger partial charge is 0.484 e. The number of sulfonamides is 1. The van der Waals surface area contributed by atoms with E-state index in [1.807, 2.05) is 19.1 Å². The molecule has 1 aliphatic heterocycles. The molecule has 0 bridgehead atoms. The Morgan fingerprint density at radius 3 is 2.74 bits per heavy atom. The lowest BCUT2D eigenvalue weighted by molar-refractivity contribution is -0.132. The van der Waals surface area contributed by atoms with Gasteiger partial charge >= 0.3 is 0 Å². The van der Waals surface area contributed by atoms with Crippen molar-refractivity contribution < 1.29 is 22.7 Å². The summed E-state index contributed by atoms with van der Waals surface area (Å²) in [6.07, 6.45) is 2.41. The van der Waals surface area contributed by atoms with Crippen LogP contribution in [0, 0.1) is 6.92 Å². The standard InChI is InChI=1S/C18H27N3O5S/c1-3-11-27(24,25)21-10-5-4-9-16(21)18(23)20-19-17(22)13-26-15-8-6-7-14(2)12-15/h6-8,12,16H,3-5,9-11,13H2,1-2H3,(H,19,22)(H,20,23). The molecule has 1 heterocycles. The van der Waals surface area contributed by atoms with E-state index in [-0.39, 0.29) is 12.4 Å². The molecule has 150 valence electrons. The predicted octanol–water partition coefficient (Wildman–Crippen LogP) is 1.12. The van der Waals surface area contributed by atoms with Gasteiger partial charge < -0.3 is 4.74 Å². The van der Waals surface area contributed by atoms with Gasteiger partial charge in [0.05, 0.1) is 5.75 Å². The maximum absolute atomic E-state index is 12.4. The van der Waals surface area contributed by atoms with Crippen LogP contribution >= 0.6 is 0 Å². The second-order valence-corrected chi connectivity index (χ2v) is 8.62. The van der Waals surface area contributed by atoms with Gasteiger partial charge in [-0.15, -0.1) is 0 Å². The van der Waals surface area contributed by atoms with Crippen molar-refractivity contribution in [1.29, 1.82) is 0 Å². The number of hydrazine groups is 1. The number of benzene rings is 1. The summed E-state index contributed by atoms with van der Waals surface area (Å²) in [5.74, 6) is -0.490. The number of nitrogens with zero attached hydrogens (tertiary/aromatic N) is 1. The Morgan fingerprint density at radius 2 is 2.04 bits per heavy atom. The summed E-state index contributed by atoms with van der Waals surface area (Å²) in [4.78, 5) is 24.3. The highest BCUT2D eigenvalue weighted by Gasteiger charge is 2.36. The van der Waals surface area contributed by atoms with Crippen LogP contribution in [0.1, 0.15) is 38.2 Å². The number of piperidine rings is 1. The van der Waals surface area contributed by atoms with E-state index < -0.39 is 27.9 Å². The highest BCUT2D eigenvalue weighted by atomic mass is 32.2.